The number of carbonyl (C=O) groups is 1. The molecule has 0 radical (unpaired) electrons. The summed E-state index contributed by atoms with van der Waals surface area (Å²) in [6.07, 6.45) is 0.960. The number of benzene rings is 1. The van der Waals surface area contributed by atoms with Gasteiger partial charge in [-0.05, 0) is 31.5 Å². The minimum Gasteiger partial charge on any atom is -0.356 e. The lowest BCUT2D eigenvalue weighted by molar-refractivity contribution is -0.123. The molecule has 2 N–H and O–H groups in total. The monoisotopic (exact) mass is 284 g/mol. The van der Waals surface area contributed by atoms with Gasteiger partial charge in [-0.3, -0.25) is 4.79 Å². The van der Waals surface area contributed by atoms with Gasteiger partial charge < -0.3 is 10.6 Å². The second-order valence-electron chi connectivity index (χ2n) is 4.88. The average Bonchev–Trinajstić information content (AvgIpc) is 2.36. The number of halogens is 1. The molecule has 1 amide bonds. The molecule has 0 bridgehead atoms. The summed E-state index contributed by atoms with van der Waals surface area (Å²) in [5, 5.41) is 6.09. The highest BCUT2D eigenvalue weighted by molar-refractivity contribution is 5.85. The minimum atomic E-state index is -0.0548. The molecule has 1 aromatic carbocycles. The summed E-state index contributed by atoms with van der Waals surface area (Å²) in [6, 6.07) is 10.00. The van der Waals surface area contributed by atoms with Crippen LogP contribution < -0.4 is 10.6 Å². The van der Waals surface area contributed by atoms with E-state index in [0.717, 1.165) is 25.1 Å². The van der Waals surface area contributed by atoms with E-state index < -0.39 is 0 Å². The fourth-order valence-corrected chi connectivity index (χ4v) is 2.09. The third-order valence-electron chi connectivity index (χ3n) is 3.01. The predicted octanol–water partition coefficient (Wildman–Crippen LogP) is 2.57. The van der Waals surface area contributed by atoms with E-state index in [2.05, 4.69) is 24.5 Å². The molecule has 19 heavy (non-hydrogen) atoms. The highest BCUT2D eigenvalue weighted by Crippen LogP contribution is 2.24. The van der Waals surface area contributed by atoms with Crippen LogP contribution in [0.5, 0.6) is 0 Å². The van der Waals surface area contributed by atoms with Crippen LogP contribution in [-0.2, 0) is 4.79 Å². The minimum absolute atomic E-state index is 0. The number of amides is 1. The molecular weight excluding hydrogens is 260 g/mol. The molecule has 0 heterocycles. The van der Waals surface area contributed by atoms with Crippen molar-refractivity contribution in [1.82, 2.24) is 10.6 Å². The first kappa shape index (κ1) is 17.9. The molecule has 1 atom stereocenters. The van der Waals surface area contributed by atoms with Gasteiger partial charge >= 0.3 is 0 Å². The first-order valence-corrected chi connectivity index (χ1v) is 6.64. The van der Waals surface area contributed by atoms with Gasteiger partial charge in [-0.1, -0.05) is 44.2 Å². The van der Waals surface area contributed by atoms with Crippen molar-refractivity contribution >= 4 is 18.3 Å². The van der Waals surface area contributed by atoms with Crippen LogP contribution in [0, 0.1) is 5.92 Å². The number of hydrogen-bond donors (Lipinski definition) is 2. The Hall–Kier alpha value is -1.06. The van der Waals surface area contributed by atoms with Crippen molar-refractivity contribution in [3.8, 4) is 0 Å². The van der Waals surface area contributed by atoms with E-state index in [-0.39, 0.29) is 24.2 Å². The largest absolute Gasteiger partial charge is 0.356 e. The fourth-order valence-electron chi connectivity index (χ4n) is 2.09. The molecule has 0 aromatic heterocycles. The summed E-state index contributed by atoms with van der Waals surface area (Å²) in [4.78, 5) is 12.2. The maximum Gasteiger partial charge on any atom is 0.227 e. The number of hydrogen-bond acceptors (Lipinski definition) is 2. The Morgan fingerprint density at radius 3 is 2.32 bits per heavy atom. The SMILES string of the molecule is CNCCCNC(=O)C(c1ccccc1)C(C)C.Cl. The van der Waals surface area contributed by atoms with E-state index in [1.54, 1.807) is 0 Å². The van der Waals surface area contributed by atoms with Gasteiger partial charge in [0.2, 0.25) is 5.91 Å². The molecule has 0 aliphatic rings. The third-order valence-corrected chi connectivity index (χ3v) is 3.01. The lowest BCUT2D eigenvalue weighted by Crippen LogP contribution is -2.33. The lowest BCUT2D eigenvalue weighted by atomic mass is 9.87. The van der Waals surface area contributed by atoms with E-state index in [9.17, 15) is 4.79 Å². The van der Waals surface area contributed by atoms with Crippen LogP contribution >= 0.6 is 12.4 Å². The van der Waals surface area contributed by atoms with Gasteiger partial charge in [0.25, 0.3) is 0 Å². The fraction of sp³-hybridized carbons (Fsp3) is 0.533. The van der Waals surface area contributed by atoms with E-state index in [1.165, 1.54) is 0 Å². The van der Waals surface area contributed by atoms with Gasteiger partial charge in [-0.15, -0.1) is 12.4 Å². The van der Waals surface area contributed by atoms with Crippen LogP contribution in [0.2, 0.25) is 0 Å². The molecule has 108 valence electrons. The molecule has 0 aliphatic heterocycles. The first-order valence-electron chi connectivity index (χ1n) is 6.64. The zero-order chi connectivity index (χ0) is 13.4. The summed E-state index contributed by atoms with van der Waals surface area (Å²) in [5.74, 6) is 0.379. The highest BCUT2D eigenvalue weighted by Gasteiger charge is 2.23. The molecule has 1 unspecified atom stereocenters. The molecular formula is C15H25ClN2O. The number of rotatable bonds is 7. The zero-order valence-electron chi connectivity index (χ0n) is 12.0. The van der Waals surface area contributed by atoms with Gasteiger partial charge in [0.15, 0.2) is 0 Å². The number of carbonyl (C=O) groups excluding carboxylic acids is 1. The van der Waals surface area contributed by atoms with Gasteiger partial charge in [0.1, 0.15) is 0 Å². The van der Waals surface area contributed by atoms with Crippen molar-refractivity contribution in [3.63, 3.8) is 0 Å². The first-order chi connectivity index (χ1) is 8.66. The van der Waals surface area contributed by atoms with Gasteiger partial charge in [-0.2, -0.15) is 0 Å². The van der Waals surface area contributed by atoms with Crippen molar-refractivity contribution < 1.29 is 4.79 Å². The zero-order valence-corrected chi connectivity index (χ0v) is 12.8. The molecule has 0 saturated carbocycles. The van der Waals surface area contributed by atoms with Crippen molar-refractivity contribution in [1.29, 1.82) is 0 Å². The Morgan fingerprint density at radius 2 is 1.79 bits per heavy atom. The van der Waals surface area contributed by atoms with Crippen LogP contribution in [-0.4, -0.2) is 26.0 Å². The van der Waals surface area contributed by atoms with Crippen LogP contribution in [0.3, 0.4) is 0 Å². The Morgan fingerprint density at radius 1 is 1.16 bits per heavy atom. The van der Waals surface area contributed by atoms with Crippen LogP contribution in [0.1, 0.15) is 31.7 Å². The Labute approximate surface area is 122 Å². The molecule has 0 fully saturated rings. The Balaban J connectivity index is 0.00000324. The molecule has 1 aromatic rings. The quantitative estimate of drug-likeness (QED) is 0.756. The van der Waals surface area contributed by atoms with Gasteiger partial charge in [0, 0.05) is 6.54 Å². The van der Waals surface area contributed by atoms with Crippen molar-refractivity contribution in [3.05, 3.63) is 35.9 Å². The Bertz CT molecular complexity index is 354. The average molecular weight is 285 g/mol. The summed E-state index contributed by atoms with van der Waals surface area (Å²) in [5.41, 5.74) is 1.10. The van der Waals surface area contributed by atoms with Gasteiger partial charge in [-0.25, -0.2) is 0 Å². The lowest BCUT2D eigenvalue weighted by Gasteiger charge is -2.20. The van der Waals surface area contributed by atoms with Crippen LogP contribution in [0.4, 0.5) is 0 Å². The molecule has 3 nitrogen and oxygen atoms in total. The molecule has 1 rings (SSSR count). The van der Waals surface area contributed by atoms with Crippen LogP contribution in [0.15, 0.2) is 30.3 Å². The standard InChI is InChI=1S/C15H24N2O.ClH/c1-12(2)14(13-8-5-4-6-9-13)15(18)17-11-7-10-16-3;/h4-6,8-9,12,14,16H,7,10-11H2,1-3H3,(H,17,18);1H. The summed E-state index contributed by atoms with van der Waals surface area (Å²) >= 11 is 0. The third kappa shape index (κ3) is 6.08. The normalized spacial score (nSPS) is 11.8. The molecule has 0 spiro atoms. The maximum atomic E-state index is 12.2. The van der Waals surface area contributed by atoms with Gasteiger partial charge in [0.05, 0.1) is 5.92 Å². The van der Waals surface area contributed by atoms with Crippen molar-refractivity contribution in [2.75, 3.05) is 20.1 Å². The van der Waals surface area contributed by atoms with Crippen molar-refractivity contribution in [2.24, 2.45) is 5.92 Å². The molecule has 0 aliphatic carbocycles. The van der Waals surface area contributed by atoms with E-state index in [1.807, 2.05) is 37.4 Å². The topological polar surface area (TPSA) is 41.1 Å². The van der Waals surface area contributed by atoms with E-state index >= 15 is 0 Å². The van der Waals surface area contributed by atoms with E-state index in [4.69, 9.17) is 0 Å². The second-order valence-corrected chi connectivity index (χ2v) is 4.88. The predicted molar refractivity (Wildman–Crippen MR) is 82.8 cm³/mol. The molecule has 4 heteroatoms. The van der Waals surface area contributed by atoms with E-state index in [0.29, 0.717) is 5.92 Å². The van der Waals surface area contributed by atoms with Crippen molar-refractivity contribution in [2.45, 2.75) is 26.2 Å². The van der Waals surface area contributed by atoms with Crippen LogP contribution in [0.25, 0.3) is 0 Å². The molecule has 0 saturated heterocycles. The Kier molecular flexibility index (Phi) is 9.27. The maximum absolute atomic E-state index is 12.2. The smallest absolute Gasteiger partial charge is 0.227 e. The second kappa shape index (κ2) is 9.82. The highest BCUT2D eigenvalue weighted by atomic mass is 35.5. The number of nitrogens with one attached hydrogen (secondary N) is 2. The summed E-state index contributed by atoms with van der Waals surface area (Å²) in [7, 11) is 1.92. The summed E-state index contributed by atoms with van der Waals surface area (Å²) in [6.45, 7) is 5.84. The summed E-state index contributed by atoms with van der Waals surface area (Å²) < 4.78 is 0.